The minimum Gasteiger partial charge on any atom is -0.422 e. The van der Waals surface area contributed by atoms with Crippen molar-refractivity contribution in [1.29, 1.82) is 0 Å². The van der Waals surface area contributed by atoms with Crippen LogP contribution in [-0.4, -0.2) is 37.0 Å². The number of carbonyl (C=O) groups excluding carboxylic acids is 1. The summed E-state index contributed by atoms with van der Waals surface area (Å²) in [5, 5.41) is 3.59. The Morgan fingerprint density at radius 1 is 1.24 bits per heavy atom. The molecule has 0 radical (unpaired) electrons. The molecule has 2 atom stereocenters. The predicted octanol–water partition coefficient (Wildman–Crippen LogP) is 2.89. The number of fused-ring (bicyclic) bond motifs is 1. The Balaban J connectivity index is 1.53. The van der Waals surface area contributed by atoms with Crippen LogP contribution in [0.3, 0.4) is 0 Å². The molecule has 2 heterocycles. The van der Waals surface area contributed by atoms with E-state index >= 15 is 0 Å². The highest BCUT2D eigenvalue weighted by atomic mass is 16.4. The number of rotatable bonds is 5. The second-order valence-electron chi connectivity index (χ2n) is 7.30. The number of benzene rings is 1. The highest BCUT2D eigenvalue weighted by Crippen LogP contribution is 2.20. The van der Waals surface area contributed by atoms with Crippen molar-refractivity contribution >= 4 is 16.9 Å². The number of hydrogen-bond acceptors (Lipinski definition) is 4. The summed E-state index contributed by atoms with van der Waals surface area (Å²) in [6.45, 7) is 8.39. The van der Waals surface area contributed by atoms with Gasteiger partial charge in [0.15, 0.2) is 0 Å². The number of amides is 1. The quantitative estimate of drug-likeness (QED) is 0.670. The van der Waals surface area contributed by atoms with Crippen LogP contribution in [0.4, 0.5) is 0 Å². The Morgan fingerprint density at radius 2 is 1.96 bits per heavy atom. The van der Waals surface area contributed by atoms with Gasteiger partial charge in [-0.15, -0.1) is 0 Å². The number of carbonyl (C=O) groups is 1. The topological polar surface area (TPSA) is 62.6 Å². The molecule has 5 nitrogen and oxygen atoms in total. The van der Waals surface area contributed by atoms with Crippen molar-refractivity contribution in [1.82, 2.24) is 10.2 Å². The van der Waals surface area contributed by atoms with E-state index < -0.39 is 5.63 Å². The van der Waals surface area contributed by atoms with Crippen LogP contribution in [0.2, 0.25) is 0 Å². The molecule has 1 aliphatic rings. The number of para-hydroxylation sites is 1. The van der Waals surface area contributed by atoms with Gasteiger partial charge in [0, 0.05) is 25.0 Å². The van der Waals surface area contributed by atoms with Gasteiger partial charge in [0.05, 0.1) is 0 Å². The maximum Gasteiger partial charge on any atom is 0.349 e. The van der Waals surface area contributed by atoms with Gasteiger partial charge < -0.3 is 14.6 Å². The van der Waals surface area contributed by atoms with Gasteiger partial charge >= 0.3 is 5.63 Å². The zero-order valence-corrected chi connectivity index (χ0v) is 15.0. The zero-order valence-electron chi connectivity index (χ0n) is 15.0. The van der Waals surface area contributed by atoms with Crippen molar-refractivity contribution in [3.05, 3.63) is 46.3 Å². The molecule has 5 heteroatoms. The molecule has 0 bridgehead atoms. The average Bonchev–Trinajstić information content (AvgIpc) is 2.57. The molecule has 0 saturated carbocycles. The van der Waals surface area contributed by atoms with E-state index in [0.717, 1.165) is 43.3 Å². The first kappa shape index (κ1) is 17.7. The second-order valence-corrected chi connectivity index (χ2v) is 7.30. The van der Waals surface area contributed by atoms with E-state index in [-0.39, 0.29) is 11.5 Å². The molecule has 3 rings (SSSR count). The monoisotopic (exact) mass is 342 g/mol. The Bertz CT molecular complexity index is 789. The molecule has 1 amide bonds. The Morgan fingerprint density at radius 3 is 2.72 bits per heavy atom. The summed E-state index contributed by atoms with van der Waals surface area (Å²) in [6, 6.07) is 8.80. The lowest BCUT2D eigenvalue weighted by molar-refractivity contribution is 0.0944. The summed E-state index contributed by atoms with van der Waals surface area (Å²) in [6.07, 6.45) is 2.18. The molecule has 1 fully saturated rings. The van der Waals surface area contributed by atoms with E-state index in [1.54, 1.807) is 18.2 Å². The molecule has 134 valence electrons. The van der Waals surface area contributed by atoms with Crippen LogP contribution in [-0.2, 0) is 0 Å². The lowest BCUT2D eigenvalue weighted by atomic mass is 9.92. The molecule has 1 aliphatic heterocycles. The third-order valence-electron chi connectivity index (χ3n) is 4.77. The molecule has 1 saturated heterocycles. The van der Waals surface area contributed by atoms with E-state index in [9.17, 15) is 9.59 Å². The van der Waals surface area contributed by atoms with Gasteiger partial charge in [0.2, 0.25) is 0 Å². The molecule has 2 aromatic rings. The van der Waals surface area contributed by atoms with Gasteiger partial charge in [0.1, 0.15) is 11.1 Å². The molecule has 1 N–H and O–H groups in total. The van der Waals surface area contributed by atoms with Crippen molar-refractivity contribution in [2.24, 2.45) is 11.8 Å². The van der Waals surface area contributed by atoms with Crippen molar-refractivity contribution in [2.45, 2.75) is 26.7 Å². The van der Waals surface area contributed by atoms with Crippen molar-refractivity contribution in [2.75, 3.05) is 26.2 Å². The number of likely N-dealkylation sites (tertiary alicyclic amines) is 1. The van der Waals surface area contributed by atoms with Gasteiger partial charge in [0.25, 0.3) is 5.91 Å². The Kier molecular flexibility index (Phi) is 5.53. The van der Waals surface area contributed by atoms with Crippen LogP contribution in [0, 0.1) is 11.8 Å². The van der Waals surface area contributed by atoms with Crippen molar-refractivity contribution < 1.29 is 9.21 Å². The fourth-order valence-corrected chi connectivity index (χ4v) is 3.79. The van der Waals surface area contributed by atoms with Crippen LogP contribution in [0.5, 0.6) is 0 Å². The minimum absolute atomic E-state index is 0.0684. The molecule has 1 aromatic carbocycles. The van der Waals surface area contributed by atoms with Gasteiger partial charge in [-0.1, -0.05) is 32.0 Å². The lowest BCUT2D eigenvalue weighted by Gasteiger charge is -2.34. The zero-order chi connectivity index (χ0) is 17.8. The summed E-state index contributed by atoms with van der Waals surface area (Å²) >= 11 is 0. The molecular weight excluding hydrogens is 316 g/mol. The number of nitrogens with one attached hydrogen (secondary N) is 1. The van der Waals surface area contributed by atoms with Crippen LogP contribution in [0.1, 0.15) is 37.0 Å². The van der Waals surface area contributed by atoms with Crippen molar-refractivity contribution in [3.8, 4) is 0 Å². The third-order valence-corrected chi connectivity index (χ3v) is 4.77. The first-order valence-corrected chi connectivity index (χ1v) is 9.06. The molecule has 1 aromatic heterocycles. The number of piperidine rings is 1. The summed E-state index contributed by atoms with van der Waals surface area (Å²) in [5.74, 6) is 1.11. The smallest absolute Gasteiger partial charge is 0.349 e. The highest BCUT2D eigenvalue weighted by molar-refractivity contribution is 5.96. The summed E-state index contributed by atoms with van der Waals surface area (Å²) in [4.78, 5) is 26.7. The van der Waals surface area contributed by atoms with E-state index in [1.165, 1.54) is 6.42 Å². The Labute approximate surface area is 148 Å². The second kappa shape index (κ2) is 7.83. The SMILES string of the molecule is C[C@@H]1C[C@H](C)CN(CCCNC(=O)c2cc3ccccc3oc2=O)C1. The maximum absolute atomic E-state index is 12.3. The van der Waals surface area contributed by atoms with Crippen molar-refractivity contribution in [3.63, 3.8) is 0 Å². The van der Waals surface area contributed by atoms with E-state index in [4.69, 9.17) is 4.42 Å². The largest absolute Gasteiger partial charge is 0.422 e. The highest BCUT2D eigenvalue weighted by Gasteiger charge is 2.21. The predicted molar refractivity (Wildman–Crippen MR) is 98.8 cm³/mol. The first-order valence-electron chi connectivity index (χ1n) is 9.06. The number of nitrogens with zero attached hydrogens (tertiary/aromatic N) is 1. The van der Waals surface area contributed by atoms with E-state index in [2.05, 4.69) is 24.1 Å². The number of hydrogen-bond donors (Lipinski definition) is 1. The third kappa shape index (κ3) is 4.48. The lowest BCUT2D eigenvalue weighted by Crippen LogP contribution is -2.40. The molecular formula is C20H26N2O3. The van der Waals surface area contributed by atoms with Gasteiger partial charge in [-0.2, -0.15) is 0 Å². The summed E-state index contributed by atoms with van der Waals surface area (Å²) in [5.41, 5.74) is -0.0221. The van der Waals surface area contributed by atoms with Crippen LogP contribution in [0.15, 0.2) is 39.5 Å². The standard InChI is InChI=1S/C20H26N2O3/c1-14-10-15(2)13-22(12-14)9-5-8-21-19(23)17-11-16-6-3-4-7-18(16)25-20(17)24/h3-4,6-7,11,14-15H,5,8-10,12-13H2,1-2H3,(H,21,23)/t14-,15+. The summed E-state index contributed by atoms with van der Waals surface area (Å²) < 4.78 is 5.21. The normalized spacial score (nSPS) is 21.4. The maximum atomic E-state index is 12.3. The summed E-state index contributed by atoms with van der Waals surface area (Å²) in [7, 11) is 0. The van der Waals surface area contributed by atoms with Crippen LogP contribution in [0.25, 0.3) is 11.0 Å². The van der Waals surface area contributed by atoms with Crippen LogP contribution >= 0.6 is 0 Å². The Hall–Kier alpha value is -2.14. The van der Waals surface area contributed by atoms with Gasteiger partial charge in [-0.3, -0.25) is 4.79 Å². The first-order chi connectivity index (χ1) is 12.0. The fraction of sp³-hybridized carbons (Fsp3) is 0.500. The van der Waals surface area contributed by atoms with Crippen LogP contribution < -0.4 is 10.9 Å². The molecule has 25 heavy (non-hydrogen) atoms. The van der Waals surface area contributed by atoms with E-state index in [0.29, 0.717) is 12.1 Å². The molecule has 0 spiro atoms. The fourth-order valence-electron chi connectivity index (χ4n) is 3.79. The molecule has 0 aliphatic carbocycles. The van der Waals surface area contributed by atoms with Gasteiger partial charge in [-0.05, 0) is 43.4 Å². The van der Waals surface area contributed by atoms with Gasteiger partial charge in [-0.25, -0.2) is 4.79 Å². The minimum atomic E-state index is -0.588. The molecule has 0 unspecified atom stereocenters. The van der Waals surface area contributed by atoms with E-state index in [1.807, 2.05) is 12.1 Å². The average molecular weight is 342 g/mol.